The van der Waals surface area contributed by atoms with E-state index in [1.54, 1.807) is 6.92 Å². The van der Waals surface area contributed by atoms with Crippen LogP contribution in [0.5, 0.6) is 11.5 Å². The van der Waals surface area contributed by atoms with Crippen LogP contribution in [0.25, 0.3) is 5.70 Å². The predicted molar refractivity (Wildman–Crippen MR) is 79.3 cm³/mol. The summed E-state index contributed by atoms with van der Waals surface area (Å²) in [4.78, 5) is 14.0. The summed E-state index contributed by atoms with van der Waals surface area (Å²) < 4.78 is 11.0. The number of hydrogen-bond donors (Lipinski definition) is 0. The molecule has 1 aromatic carbocycles. The number of ketones is 1. The summed E-state index contributed by atoms with van der Waals surface area (Å²) in [6.07, 6.45) is 3.77. The number of hydrogen-bond acceptors (Lipinski definition) is 4. The molecule has 0 saturated carbocycles. The molecular formula is C17H19NO3. The van der Waals surface area contributed by atoms with Crippen LogP contribution in [0, 0.1) is 0 Å². The van der Waals surface area contributed by atoms with Gasteiger partial charge in [-0.25, -0.2) is 0 Å². The summed E-state index contributed by atoms with van der Waals surface area (Å²) in [6, 6.07) is 4.21. The fourth-order valence-electron chi connectivity index (χ4n) is 3.66. The summed E-state index contributed by atoms with van der Waals surface area (Å²) in [5.74, 6) is 1.93. The van der Waals surface area contributed by atoms with Gasteiger partial charge in [-0.3, -0.25) is 4.79 Å². The Bertz CT molecular complexity index is 648. The molecule has 3 heterocycles. The fourth-order valence-corrected chi connectivity index (χ4v) is 3.66. The van der Waals surface area contributed by atoms with Gasteiger partial charge >= 0.3 is 0 Å². The number of rotatable bonds is 2. The first-order chi connectivity index (χ1) is 10.2. The fraction of sp³-hybridized carbons (Fsp3) is 0.471. The van der Waals surface area contributed by atoms with Gasteiger partial charge in [-0.2, -0.15) is 0 Å². The third-order valence-electron chi connectivity index (χ3n) is 4.52. The molecule has 4 nitrogen and oxygen atoms in total. The Kier molecular flexibility index (Phi) is 2.91. The minimum Gasteiger partial charge on any atom is -0.454 e. The Morgan fingerprint density at radius 2 is 2.00 bits per heavy atom. The monoisotopic (exact) mass is 285 g/mol. The summed E-state index contributed by atoms with van der Waals surface area (Å²) in [5, 5.41) is 0. The number of Topliss-reactive ketones (excluding diaryl/α,β-unsaturated/α-hetero) is 1. The predicted octanol–water partition coefficient (Wildman–Crippen LogP) is 2.76. The number of ether oxygens (including phenoxy) is 2. The molecular weight excluding hydrogens is 266 g/mol. The van der Waals surface area contributed by atoms with Crippen molar-refractivity contribution >= 4 is 11.5 Å². The molecule has 0 radical (unpaired) electrons. The molecule has 0 fully saturated rings. The molecule has 3 aliphatic rings. The first-order valence-electron chi connectivity index (χ1n) is 7.61. The summed E-state index contributed by atoms with van der Waals surface area (Å²) in [7, 11) is 0. The van der Waals surface area contributed by atoms with Crippen LogP contribution in [0.3, 0.4) is 0 Å². The van der Waals surface area contributed by atoms with Crippen molar-refractivity contribution in [2.75, 3.05) is 19.9 Å². The molecule has 0 amide bonds. The van der Waals surface area contributed by atoms with Crippen LogP contribution in [0.1, 0.15) is 37.3 Å². The SMILES string of the molecule is CC(=O)CC1=C2c3cc4c(cc3CCN2CCC1)OCO4. The first-order valence-corrected chi connectivity index (χ1v) is 7.61. The van der Waals surface area contributed by atoms with E-state index in [0.29, 0.717) is 13.2 Å². The van der Waals surface area contributed by atoms with Gasteiger partial charge in [0.25, 0.3) is 0 Å². The van der Waals surface area contributed by atoms with Crippen LogP contribution in [0.4, 0.5) is 0 Å². The van der Waals surface area contributed by atoms with Crippen molar-refractivity contribution in [1.29, 1.82) is 0 Å². The highest BCUT2D eigenvalue weighted by Crippen LogP contribution is 2.43. The summed E-state index contributed by atoms with van der Waals surface area (Å²) in [6.45, 7) is 4.10. The zero-order chi connectivity index (χ0) is 14.4. The van der Waals surface area contributed by atoms with Gasteiger partial charge in [0, 0.05) is 30.8 Å². The number of carbonyl (C=O) groups is 1. The lowest BCUT2D eigenvalue weighted by Gasteiger charge is -2.38. The molecule has 4 heteroatoms. The van der Waals surface area contributed by atoms with E-state index >= 15 is 0 Å². The molecule has 110 valence electrons. The topological polar surface area (TPSA) is 38.8 Å². The molecule has 21 heavy (non-hydrogen) atoms. The van der Waals surface area contributed by atoms with Crippen molar-refractivity contribution in [3.05, 3.63) is 28.8 Å². The molecule has 0 aromatic heterocycles. The molecule has 4 rings (SSSR count). The van der Waals surface area contributed by atoms with Gasteiger partial charge in [0.2, 0.25) is 6.79 Å². The molecule has 0 spiro atoms. The van der Waals surface area contributed by atoms with E-state index in [-0.39, 0.29) is 5.78 Å². The second-order valence-electron chi connectivity index (χ2n) is 6.03. The first kappa shape index (κ1) is 12.7. The Morgan fingerprint density at radius 1 is 1.19 bits per heavy atom. The highest BCUT2D eigenvalue weighted by Gasteiger charge is 2.29. The lowest BCUT2D eigenvalue weighted by Crippen LogP contribution is -2.34. The lowest BCUT2D eigenvalue weighted by atomic mass is 9.87. The van der Waals surface area contributed by atoms with Crippen molar-refractivity contribution < 1.29 is 14.3 Å². The number of benzene rings is 1. The van der Waals surface area contributed by atoms with Crippen molar-refractivity contribution in [3.8, 4) is 11.5 Å². The van der Waals surface area contributed by atoms with E-state index < -0.39 is 0 Å². The molecule has 0 atom stereocenters. The van der Waals surface area contributed by atoms with Gasteiger partial charge in [0.05, 0.1) is 0 Å². The van der Waals surface area contributed by atoms with Gasteiger partial charge in [-0.15, -0.1) is 0 Å². The minimum absolute atomic E-state index is 0.243. The van der Waals surface area contributed by atoms with E-state index in [0.717, 1.165) is 43.9 Å². The maximum absolute atomic E-state index is 11.6. The number of fused-ring (bicyclic) bond motifs is 4. The summed E-state index contributed by atoms with van der Waals surface area (Å²) >= 11 is 0. The van der Waals surface area contributed by atoms with E-state index in [4.69, 9.17) is 9.47 Å². The second kappa shape index (κ2) is 4.79. The molecule has 0 saturated heterocycles. The largest absolute Gasteiger partial charge is 0.454 e. The maximum atomic E-state index is 11.6. The Balaban J connectivity index is 1.86. The highest BCUT2D eigenvalue weighted by atomic mass is 16.7. The minimum atomic E-state index is 0.243. The molecule has 0 N–H and O–H groups in total. The maximum Gasteiger partial charge on any atom is 0.231 e. The molecule has 0 bridgehead atoms. The average molecular weight is 285 g/mol. The number of allylic oxidation sites excluding steroid dienone is 1. The van der Waals surface area contributed by atoms with Crippen LogP contribution in [0.2, 0.25) is 0 Å². The molecule has 3 aliphatic heterocycles. The lowest BCUT2D eigenvalue weighted by molar-refractivity contribution is -0.116. The quantitative estimate of drug-likeness (QED) is 0.837. The van der Waals surface area contributed by atoms with Crippen molar-refractivity contribution in [2.24, 2.45) is 0 Å². The van der Waals surface area contributed by atoms with E-state index in [9.17, 15) is 4.79 Å². The van der Waals surface area contributed by atoms with Crippen molar-refractivity contribution in [3.63, 3.8) is 0 Å². The van der Waals surface area contributed by atoms with Crippen LogP contribution in [-0.2, 0) is 11.2 Å². The smallest absolute Gasteiger partial charge is 0.231 e. The van der Waals surface area contributed by atoms with Crippen molar-refractivity contribution in [2.45, 2.75) is 32.6 Å². The van der Waals surface area contributed by atoms with Gasteiger partial charge in [-0.05, 0) is 49.5 Å². The highest BCUT2D eigenvalue weighted by molar-refractivity contribution is 5.83. The van der Waals surface area contributed by atoms with Gasteiger partial charge in [0.15, 0.2) is 11.5 Å². The molecule has 1 aromatic rings. The second-order valence-corrected chi connectivity index (χ2v) is 6.03. The molecule has 0 aliphatic carbocycles. The van der Waals surface area contributed by atoms with Crippen molar-refractivity contribution in [1.82, 2.24) is 4.90 Å². The van der Waals surface area contributed by atoms with E-state index in [1.807, 2.05) is 0 Å². The van der Waals surface area contributed by atoms with Crippen LogP contribution in [-0.4, -0.2) is 30.6 Å². The normalized spacial score (nSPS) is 19.4. The van der Waals surface area contributed by atoms with Crippen LogP contribution < -0.4 is 9.47 Å². The molecule has 0 unspecified atom stereocenters. The number of nitrogens with zero attached hydrogens (tertiary/aromatic N) is 1. The van der Waals surface area contributed by atoms with Crippen LogP contribution in [0.15, 0.2) is 17.7 Å². The van der Waals surface area contributed by atoms with Crippen LogP contribution >= 0.6 is 0 Å². The van der Waals surface area contributed by atoms with E-state index in [1.165, 1.54) is 22.4 Å². The number of carbonyl (C=O) groups excluding carboxylic acids is 1. The summed E-state index contributed by atoms with van der Waals surface area (Å²) in [5.41, 5.74) is 5.11. The third-order valence-corrected chi connectivity index (χ3v) is 4.52. The standard InChI is InChI=1S/C17H19NO3/c1-11(19)7-13-3-2-5-18-6-4-12-8-15-16(21-10-20-15)9-14(12)17(13)18/h8-9H,2-7,10H2,1H3. The third kappa shape index (κ3) is 2.09. The Morgan fingerprint density at radius 3 is 2.81 bits per heavy atom. The zero-order valence-electron chi connectivity index (χ0n) is 12.3. The zero-order valence-corrected chi connectivity index (χ0v) is 12.3. The van der Waals surface area contributed by atoms with Gasteiger partial charge < -0.3 is 14.4 Å². The Labute approximate surface area is 124 Å². The van der Waals surface area contributed by atoms with Gasteiger partial charge in [0.1, 0.15) is 5.78 Å². The van der Waals surface area contributed by atoms with Gasteiger partial charge in [-0.1, -0.05) is 0 Å². The Hall–Kier alpha value is -1.97. The van der Waals surface area contributed by atoms with E-state index in [2.05, 4.69) is 17.0 Å². The average Bonchev–Trinajstić information content (AvgIpc) is 2.91.